The van der Waals surface area contributed by atoms with Crippen LogP contribution in [0.15, 0.2) is 30.3 Å². The Bertz CT molecular complexity index is 388. The third kappa shape index (κ3) is 2.70. The third-order valence-corrected chi connectivity index (χ3v) is 3.78. The Morgan fingerprint density at radius 2 is 2.06 bits per heavy atom. The van der Waals surface area contributed by atoms with Gasteiger partial charge in [-0.05, 0) is 26.3 Å². The molecule has 2 nitrogen and oxygen atoms in total. The standard InChI is InChI=1S/C14H19F2NO/c1-13(8-5-9-17-13)12(18)10-14(15,16)11-6-3-2-4-7-11/h2-4,6-7,12,17-18H,5,8-10H2,1H3/t12-,13+/m1/s1. The minimum Gasteiger partial charge on any atom is -0.391 e. The van der Waals surface area contributed by atoms with Gasteiger partial charge >= 0.3 is 0 Å². The maximum absolute atomic E-state index is 14.0. The van der Waals surface area contributed by atoms with Gasteiger partial charge in [0.05, 0.1) is 6.10 Å². The van der Waals surface area contributed by atoms with Crippen molar-refractivity contribution in [2.75, 3.05) is 6.54 Å². The minimum atomic E-state index is -2.99. The lowest BCUT2D eigenvalue weighted by molar-refractivity contribution is -0.0691. The Kier molecular flexibility index (Phi) is 3.69. The van der Waals surface area contributed by atoms with Crippen molar-refractivity contribution < 1.29 is 13.9 Å². The van der Waals surface area contributed by atoms with Gasteiger partial charge in [-0.2, -0.15) is 0 Å². The van der Waals surface area contributed by atoms with Gasteiger partial charge in [0.1, 0.15) is 0 Å². The lowest BCUT2D eigenvalue weighted by atomic mass is 9.87. The van der Waals surface area contributed by atoms with Crippen LogP contribution in [-0.4, -0.2) is 23.3 Å². The number of aliphatic hydroxyl groups excluding tert-OH is 1. The fraction of sp³-hybridized carbons (Fsp3) is 0.571. The first-order valence-corrected chi connectivity index (χ1v) is 6.30. The van der Waals surface area contributed by atoms with Crippen LogP contribution in [0, 0.1) is 0 Å². The molecule has 1 aromatic rings. The van der Waals surface area contributed by atoms with Crippen molar-refractivity contribution in [3.8, 4) is 0 Å². The van der Waals surface area contributed by atoms with E-state index in [9.17, 15) is 13.9 Å². The van der Waals surface area contributed by atoms with Crippen molar-refractivity contribution in [3.63, 3.8) is 0 Å². The number of hydrogen-bond acceptors (Lipinski definition) is 2. The van der Waals surface area contributed by atoms with Gasteiger partial charge in [-0.15, -0.1) is 0 Å². The molecule has 1 heterocycles. The molecule has 0 saturated carbocycles. The molecule has 1 saturated heterocycles. The average molecular weight is 255 g/mol. The van der Waals surface area contributed by atoms with Crippen molar-refractivity contribution >= 4 is 0 Å². The summed E-state index contributed by atoms with van der Waals surface area (Å²) >= 11 is 0. The van der Waals surface area contributed by atoms with E-state index >= 15 is 0 Å². The van der Waals surface area contributed by atoms with Crippen LogP contribution in [0.2, 0.25) is 0 Å². The molecule has 0 aromatic heterocycles. The van der Waals surface area contributed by atoms with Crippen LogP contribution in [0.1, 0.15) is 31.7 Å². The van der Waals surface area contributed by atoms with Crippen LogP contribution < -0.4 is 5.32 Å². The van der Waals surface area contributed by atoms with Crippen LogP contribution >= 0.6 is 0 Å². The van der Waals surface area contributed by atoms with Gasteiger partial charge in [0.15, 0.2) is 0 Å². The molecule has 2 N–H and O–H groups in total. The molecule has 0 unspecified atom stereocenters. The van der Waals surface area contributed by atoms with Crippen molar-refractivity contribution in [2.45, 2.75) is 43.8 Å². The quantitative estimate of drug-likeness (QED) is 0.867. The molecule has 1 aliphatic rings. The molecule has 0 spiro atoms. The van der Waals surface area contributed by atoms with Gasteiger partial charge in [0, 0.05) is 17.5 Å². The van der Waals surface area contributed by atoms with Crippen molar-refractivity contribution in [1.29, 1.82) is 0 Å². The SMILES string of the molecule is C[C@@]1([C@H](O)CC(F)(F)c2ccccc2)CCCN1. The number of rotatable bonds is 4. The summed E-state index contributed by atoms with van der Waals surface area (Å²) in [5.74, 6) is -2.99. The first-order chi connectivity index (χ1) is 8.44. The molecule has 4 heteroatoms. The predicted molar refractivity (Wildman–Crippen MR) is 66.6 cm³/mol. The Hall–Kier alpha value is -1.00. The van der Waals surface area contributed by atoms with Crippen LogP contribution in [0.25, 0.3) is 0 Å². The van der Waals surface area contributed by atoms with E-state index in [0.29, 0.717) is 0 Å². The lowest BCUT2D eigenvalue weighted by Gasteiger charge is -2.33. The molecule has 2 rings (SSSR count). The normalized spacial score (nSPS) is 26.2. The smallest absolute Gasteiger partial charge is 0.275 e. The molecule has 1 fully saturated rings. The fourth-order valence-electron chi connectivity index (χ4n) is 2.47. The molecule has 0 amide bonds. The van der Waals surface area contributed by atoms with Crippen LogP contribution in [0.5, 0.6) is 0 Å². The van der Waals surface area contributed by atoms with Crippen molar-refractivity contribution in [1.82, 2.24) is 5.32 Å². The Balaban J connectivity index is 2.08. The summed E-state index contributed by atoms with van der Waals surface area (Å²) in [5, 5.41) is 13.2. The molecule has 0 aliphatic carbocycles. The second-order valence-electron chi connectivity index (χ2n) is 5.24. The zero-order chi connectivity index (χ0) is 13.2. The predicted octanol–water partition coefficient (Wildman–Crippen LogP) is 2.67. The monoisotopic (exact) mass is 255 g/mol. The van der Waals surface area contributed by atoms with E-state index in [4.69, 9.17) is 0 Å². The highest BCUT2D eigenvalue weighted by Gasteiger charge is 2.43. The summed E-state index contributed by atoms with van der Waals surface area (Å²) in [4.78, 5) is 0. The molecule has 100 valence electrons. The highest BCUT2D eigenvalue weighted by molar-refractivity contribution is 5.20. The number of nitrogens with one attached hydrogen (secondary N) is 1. The largest absolute Gasteiger partial charge is 0.391 e. The summed E-state index contributed by atoms with van der Waals surface area (Å²) in [5.41, 5.74) is -0.622. The van der Waals surface area contributed by atoms with E-state index in [-0.39, 0.29) is 5.56 Å². The minimum absolute atomic E-state index is 0.0364. The topological polar surface area (TPSA) is 32.3 Å². The Morgan fingerprint density at radius 1 is 1.39 bits per heavy atom. The number of benzene rings is 1. The highest BCUT2D eigenvalue weighted by Crippen LogP contribution is 2.36. The summed E-state index contributed by atoms with van der Waals surface area (Å²) < 4.78 is 28.1. The maximum atomic E-state index is 14.0. The van der Waals surface area contributed by atoms with Gasteiger partial charge in [-0.25, -0.2) is 8.78 Å². The van der Waals surface area contributed by atoms with E-state index in [1.165, 1.54) is 12.1 Å². The number of halogens is 2. The number of aliphatic hydroxyl groups is 1. The highest BCUT2D eigenvalue weighted by atomic mass is 19.3. The van der Waals surface area contributed by atoms with Crippen molar-refractivity contribution in [2.24, 2.45) is 0 Å². The summed E-state index contributed by atoms with van der Waals surface area (Å²) in [6, 6.07) is 7.68. The second kappa shape index (κ2) is 4.94. The molecule has 0 bridgehead atoms. The lowest BCUT2D eigenvalue weighted by Crippen LogP contribution is -2.49. The average Bonchev–Trinajstić information content (AvgIpc) is 2.78. The van der Waals surface area contributed by atoms with Gasteiger partial charge in [-0.3, -0.25) is 0 Å². The molecular formula is C14H19F2NO. The van der Waals surface area contributed by atoms with E-state index in [0.717, 1.165) is 19.4 Å². The van der Waals surface area contributed by atoms with E-state index in [1.54, 1.807) is 18.2 Å². The number of hydrogen-bond donors (Lipinski definition) is 2. The van der Waals surface area contributed by atoms with E-state index < -0.39 is 24.0 Å². The van der Waals surface area contributed by atoms with E-state index in [1.807, 2.05) is 6.92 Å². The molecule has 18 heavy (non-hydrogen) atoms. The second-order valence-corrected chi connectivity index (χ2v) is 5.24. The van der Waals surface area contributed by atoms with Gasteiger partial charge in [0.2, 0.25) is 0 Å². The first kappa shape index (κ1) is 13.4. The van der Waals surface area contributed by atoms with Gasteiger partial charge < -0.3 is 10.4 Å². The fourth-order valence-corrected chi connectivity index (χ4v) is 2.47. The first-order valence-electron chi connectivity index (χ1n) is 6.30. The Morgan fingerprint density at radius 3 is 2.61 bits per heavy atom. The van der Waals surface area contributed by atoms with Gasteiger partial charge in [0.25, 0.3) is 5.92 Å². The van der Waals surface area contributed by atoms with Crippen molar-refractivity contribution in [3.05, 3.63) is 35.9 Å². The molecule has 0 radical (unpaired) electrons. The van der Waals surface area contributed by atoms with E-state index in [2.05, 4.69) is 5.32 Å². The summed E-state index contributed by atoms with van der Waals surface area (Å²) in [6.45, 7) is 2.59. The van der Waals surface area contributed by atoms with Crippen LogP contribution in [0.3, 0.4) is 0 Å². The Labute approximate surface area is 106 Å². The van der Waals surface area contributed by atoms with Gasteiger partial charge in [-0.1, -0.05) is 30.3 Å². The van der Waals surface area contributed by atoms with Crippen LogP contribution in [0.4, 0.5) is 8.78 Å². The maximum Gasteiger partial charge on any atom is 0.275 e. The number of alkyl halides is 2. The third-order valence-electron chi connectivity index (χ3n) is 3.78. The molecule has 1 aliphatic heterocycles. The van der Waals surface area contributed by atoms with Crippen LogP contribution in [-0.2, 0) is 5.92 Å². The summed E-state index contributed by atoms with van der Waals surface area (Å²) in [6.07, 6.45) is 0.0690. The zero-order valence-electron chi connectivity index (χ0n) is 10.5. The molecule has 2 atom stereocenters. The zero-order valence-corrected chi connectivity index (χ0v) is 10.5. The summed E-state index contributed by atoms with van der Waals surface area (Å²) in [7, 11) is 0. The molecular weight excluding hydrogens is 236 g/mol. The molecule has 1 aromatic carbocycles.